The number of rotatable bonds is 4. The maximum absolute atomic E-state index is 13.4. The molecule has 2 aromatic heterocycles. The SMILES string of the molecule is Cc1ccn2cc(-c3ccc(C)c(NS(=O)(=O)c4cc(F)cc(F)c4)c3)nc2c1. The number of halogens is 2. The third-order valence-electron chi connectivity index (χ3n) is 4.54. The first-order valence-corrected chi connectivity index (χ1v) is 10.2. The Labute approximate surface area is 166 Å². The second kappa shape index (κ2) is 6.97. The summed E-state index contributed by atoms with van der Waals surface area (Å²) in [6.45, 7) is 3.71. The van der Waals surface area contributed by atoms with Gasteiger partial charge in [0, 0.05) is 24.0 Å². The van der Waals surface area contributed by atoms with E-state index < -0.39 is 26.6 Å². The van der Waals surface area contributed by atoms with E-state index >= 15 is 0 Å². The zero-order chi connectivity index (χ0) is 20.8. The van der Waals surface area contributed by atoms with Gasteiger partial charge in [-0.05, 0) is 55.3 Å². The van der Waals surface area contributed by atoms with E-state index in [1.54, 1.807) is 19.1 Å². The fraction of sp³-hybridized carbons (Fsp3) is 0.0952. The van der Waals surface area contributed by atoms with Crippen LogP contribution < -0.4 is 4.72 Å². The number of nitrogens with one attached hydrogen (secondary N) is 1. The molecule has 0 aliphatic carbocycles. The highest BCUT2D eigenvalue weighted by Crippen LogP contribution is 2.27. The number of hydrogen-bond acceptors (Lipinski definition) is 3. The number of aryl methyl sites for hydroxylation is 2. The van der Waals surface area contributed by atoms with Crippen LogP contribution in [0.25, 0.3) is 16.9 Å². The Kier molecular flexibility index (Phi) is 4.58. The number of nitrogens with zero attached hydrogens (tertiary/aromatic N) is 2. The quantitative estimate of drug-likeness (QED) is 0.528. The van der Waals surface area contributed by atoms with Crippen LogP contribution in [0.5, 0.6) is 0 Å². The van der Waals surface area contributed by atoms with Gasteiger partial charge >= 0.3 is 0 Å². The molecule has 0 fully saturated rings. The molecule has 0 radical (unpaired) electrons. The Hall–Kier alpha value is -3.26. The van der Waals surface area contributed by atoms with Crippen molar-refractivity contribution >= 4 is 21.4 Å². The highest BCUT2D eigenvalue weighted by atomic mass is 32.2. The number of benzene rings is 2. The van der Waals surface area contributed by atoms with E-state index in [0.29, 0.717) is 28.6 Å². The van der Waals surface area contributed by atoms with Crippen LogP contribution in [-0.2, 0) is 10.0 Å². The first-order chi connectivity index (χ1) is 13.7. The fourth-order valence-electron chi connectivity index (χ4n) is 3.00. The van der Waals surface area contributed by atoms with Gasteiger partial charge in [0.2, 0.25) is 0 Å². The van der Waals surface area contributed by atoms with Gasteiger partial charge in [-0.25, -0.2) is 22.2 Å². The van der Waals surface area contributed by atoms with Crippen LogP contribution in [0.2, 0.25) is 0 Å². The standard InChI is InChI=1S/C21H17F2N3O2S/c1-13-5-6-26-12-20(24-21(26)7-13)15-4-3-14(2)19(8-15)25-29(27,28)18-10-16(22)9-17(23)11-18/h3-12,25H,1-2H3. The number of aromatic nitrogens is 2. The van der Waals surface area contributed by atoms with Crippen LogP contribution in [0.15, 0.2) is 65.8 Å². The molecule has 2 aromatic carbocycles. The maximum Gasteiger partial charge on any atom is 0.262 e. The average Bonchev–Trinajstić information content (AvgIpc) is 3.05. The van der Waals surface area contributed by atoms with E-state index in [1.807, 2.05) is 41.9 Å². The van der Waals surface area contributed by atoms with Gasteiger partial charge < -0.3 is 4.40 Å². The lowest BCUT2D eigenvalue weighted by atomic mass is 10.1. The minimum Gasteiger partial charge on any atom is -0.306 e. The zero-order valence-corrected chi connectivity index (χ0v) is 16.5. The van der Waals surface area contributed by atoms with E-state index in [2.05, 4.69) is 9.71 Å². The minimum absolute atomic E-state index is 0.306. The van der Waals surface area contributed by atoms with Gasteiger partial charge in [0.15, 0.2) is 0 Å². The average molecular weight is 413 g/mol. The molecule has 0 spiro atoms. The summed E-state index contributed by atoms with van der Waals surface area (Å²) < 4.78 is 56.4. The lowest BCUT2D eigenvalue weighted by Crippen LogP contribution is -2.14. The number of pyridine rings is 1. The molecule has 0 saturated heterocycles. The summed E-state index contributed by atoms with van der Waals surface area (Å²) in [6.07, 6.45) is 3.75. The molecule has 8 heteroatoms. The molecular weight excluding hydrogens is 396 g/mol. The van der Waals surface area contributed by atoms with Gasteiger partial charge in [-0.3, -0.25) is 4.72 Å². The van der Waals surface area contributed by atoms with Crippen molar-refractivity contribution in [3.8, 4) is 11.3 Å². The lowest BCUT2D eigenvalue weighted by molar-refractivity contribution is 0.568. The molecule has 0 amide bonds. The summed E-state index contributed by atoms with van der Waals surface area (Å²) in [5, 5.41) is 0. The molecule has 29 heavy (non-hydrogen) atoms. The fourth-order valence-corrected chi connectivity index (χ4v) is 4.16. The Bertz CT molecular complexity index is 1330. The van der Waals surface area contributed by atoms with Crippen LogP contribution in [0.4, 0.5) is 14.5 Å². The zero-order valence-electron chi connectivity index (χ0n) is 15.6. The molecular formula is C21H17F2N3O2S. The van der Waals surface area contributed by atoms with Crippen molar-refractivity contribution in [3.05, 3.63) is 83.7 Å². The molecule has 148 valence electrons. The van der Waals surface area contributed by atoms with Crippen LogP contribution in [-0.4, -0.2) is 17.8 Å². The van der Waals surface area contributed by atoms with Crippen LogP contribution in [0, 0.1) is 25.5 Å². The summed E-state index contributed by atoms with van der Waals surface area (Å²) >= 11 is 0. The van der Waals surface area contributed by atoms with Gasteiger partial charge in [-0.2, -0.15) is 0 Å². The molecule has 4 aromatic rings. The van der Waals surface area contributed by atoms with Gasteiger partial charge in [0.1, 0.15) is 17.3 Å². The number of anilines is 1. The first kappa shape index (κ1) is 19.1. The number of fused-ring (bicyclic) bond motifs is 1. The predicted molar refractivity (Wildman–Crippen MR) is 107 cm³/mol. The smallest absolute Gasteiger partial charge is 0.262 e. The maximum atomic E-state index is 13.4. The van der Waals surface area contributed by atoms with Crippen molar-refractivity contribution < 1.29 is 17.2 Å². The molecule has 0 aliphatic heterocycles. The van der Waals surface area contributed by atoms with Crippen LogP contribution in [0.3, 0.4) is 0 Å². The Balaban J connectivity index is 1.73. The highest BCUT2D eigenvalue weighted by Gasteiger charge is 2.18. The van der Waals surface area contributed by atoms with Crippen LogP contribution in [0.1, 0.15) is 11.1 Å². The summed E-state index contributed by atoms with van der Waals surface area (Å²) in [5.41, 5.74) is 4.20. The lowest BCUT2D eigenvalue weighted by Gasteiger charge is -2.12. The third kappa shape index (κ3) is 3.84. The van der Waals surface area contributed by atoms with Gasteiger partial charge in [0.25, 0.3) is 10.0 Å². The molecule has 0 aliphatic rings. The van der Waals surface area contributed by atoms with Crippen LogP contribution >= 0.6 is 0 Å². The second-order valence-electron chi connectivity index (χ2n) is 6.84. The summed E-state index contributed by atoms with van der Waals surface area (Å²) in [4.78, 5) is 4.10. The third-order valence-corrected chi connectivity index (χ3v) is 5.88. The van der Waals surface area contributed by atoms with Crippen molar-refractivity contribution in [2.24, 2.45) is 0 Å². The summed E-state index contributed by atoms with van der Waals surface area (Å²) in [5.74, 6) is -1.92. The molecule has 5 nitrogen and oxygen atoms in total. The molecule has 1 N–H and O–H groups in total. The second-order valence-corrected chi connectivity index (χ2v) is 8.52. The summed E-state index contributed by atoms with van der Waals surface area (Å²) in [7, 11) is -4.17. The normalized spacial score (nSPS) is 11.7. The molecule has 0 atom stereocenters. The first-order valence-electron chi connectivity index (χ1n) is 8.76. The molecule has 0 bridgehead atoms. The minimum atomic E-state index is -4.17. The topological polar surface area (TPSA) is 63.5 Å². The van der Waals surface area contributed by atoms with Crippen molar-refractivity contribution in [2.75, 3.05) is 4.72 Å². The van der Waals surface area contributed by atoms with E-state index in [1.165, 1.54) is 0 Å². The molecule has 4 rings (SSSR count). The van der Waals surface area contributed by atoms with Gasteiger partial charge in [-0.15, -0.1) is 0 Å². The molecule has 2 heterocycles. The number of hydrogen-bond donors (Lipinski definition) is 1. The predicted octanol–water partition coefficient (Wildman–Crippen LogP) is 4.70. The Morgan fingerprint density at radius 3 is 2.41 bits per heavy atom. The van der Waals surface area contributed by atoms with Gasteiger partial charge in [0.05, 0.1) is 16.3 Å². The van der Waals surface area contributed by atoms with E-state index in [-0.39, 0.29) is 0 Å². The number of imidazole rings is 1. The van der Waals surface area contributed by atoms with Gasteiger partial charge in [-0.1, -0.05) is 12.1 Å². The van der Waals surface area contributed by atoms with Crippen molar-refractivity contribution in [3.63, 3.8) is 0 Å². The van der Waals surface area contributed by atoms with Crippen molar-refractivity contribution in [1.29, 1.82) is 0 Å². The monoisotopic (exact) mass is 413 g/mol. The molecule has 0 unspecified atom stereocenters. The molecule has 0 saturated carbocycles. The van der Waals surface area contributed by atoms with E-state index in [4.69, 9.17) is 0 Å². The highest BCUT2D eigenvalue weighted by molar-refractivity contribution is 7.92. The summed E-state index contributed by atoms with van der Waals surface area (Å²) in [6, 6.07) is 11.3. The van der Waals surface area contributed by atoms with E-state index in [0.717, 1.165) is 23.3 Å². The number of sulfonamides is 1. The van der Waals surface area contributed by atoms with Crippen molar-refractivity contribution in [2.45, 2.75) is 18.7 Å². The van der Waals surface area contributed by atoms with Crippen molar-refractivity contribution in [1.82, 2.24) is 9.38 Å². The van der Waals surface area contributed by atoms with E-state index in [9.17, 15) is 17.2 Å². The largest absolute Gasteiger partial charge is 0.306 e. The Morgan fingerprint density at radius 2 is 1.69 bits per heavy atom. The Morgan fingerprint density at radius 1 is 0.966 bits per heavy atom.